The zero-order valence-electron chi connectivity index (χ0n) is 13.2. The minimum absolute atomic E-state index is 0.0550. The second-order valence-corrected chi connectivity index (χ2v) is 6.14. The van der Waals surface area contributed by atoms with Crippen LogP contribution in [-0.2, 0) is 0 Å². The maximum atomic E-state index is 12.4. The number of rotatable bonds is 5. The van der Waals surface area contributed by atoms with E-state index in [1.165, 1.54) is 13.2 Å². The maximum absolute atomic E-state index is 12.4. The number of anilines is 1. The van der Waals surface area contributed by atoms with Crippen LogP contribution >= 0.6 is 11.6 Å². The molecule has 0 radical (unpaired) electrons. The standard InChI is InChI=1S/C17H16ClNO5/c1-8-5-14(24-15(8)17(21)22)16(20)19-12-7-13(23-2)11(18)6-10(12)9-3-4-9/h5-7,9H,3-4H2,1-2H3,(H,19,20)(H,21,22). The number of nitrogens with one attached hydrogen (secondary N) is 1. The lowest BCUT2D eigenvalue weighted by atomic mass is 10.1. The fourth-order valence-electron chi connectivity index (χ4n) is 2.56. The topological polar surface area (TPSA) is 88.8 Å². The van der Waals surface area contributed by atoms with Crippen molar-refractivity contribution >= 4 is 29.2 Å². The van der Waals surface area contributed by atoms with Crippen LogP contribution in [0, 0.1) is 6.92 Å². The number of ether oxygens (including phenoxy) is 1. The van der Waals surface area contributed by atoms with E-state index in [0.717, 1.165) is 18.4 Å². The van der Waals surface area contributed by atoms with Gasteiger partial charge in [-0.25, -0.2) is 4.79 Å². The number of methoxy groups -OCH3 is 1. The minimum Gasteiger partial charge on any atom is -0.495 e. The normalized spacial score (nSPS) is 13.6. The third-order valence-corrected chi connectivity index (χ3v) is 4.22. The Kier molecular flexibility index (Phi) is 4.24. The summed E-state index contributed by atoms with van der Waals surface area (Å²) in [6.07, 6.45) is 2.07. The van der Waals surface area contributed by atoms with Crippen LogP contribution in [0.3, 0.4) is 0 Å². The van der Waals surface area contributed by atoms with E-state index in [9.17, 15) is 9.59 Å². The van der Waals surface area contributed by atoms with E-state index >= 15 is 0 Å². The van der Waals surface area contributed by atoms with Crippen LogP contribution in [0.15, 0.2) is 22.6 Å². The first-order valence-electron chi connectivity index (χ1n) is 7.43. The van der Waals surface area contributed by atoms with Crippen LogP contribution in [0.2, 0.25) is 5.02 Å². The van der Waals surface area contributed by atoms with Gasteiger partial charge in [-0.15, -0.1) is 0 Å². The molecule has 1 aliphatic carbocycles. The number of hydrogen-bond acceptors (Lipinski definition) is 4. The summed E-state index contributed by atoms with van der Waals surface area (Å²) in [6.45, 7) is 1.57. The van der Waals surface area contributed by atoms with Crippen molar-refractivity contribution in [3.05, 3.63) is 45.9 Å². The Balaban J connectivity index is 1.91. The highest BCUT2D eigenvalue weighted by molar-refractivity contribution is 6.32. The smallest absolute Gasteiger partial charge is 0.372 e. The molecular weight excluding hydrogens is 334 g/mol. The van der Waals surface area contributed by atoms with Crippen molar-refractivity contribution in [2.45, 2.75) is 25.7 Å². The summed E-state index contributed by atoms with van der Waals surface area (Å²) < 4.78 is 10.3. The van der Waals surface area contributed by atoms with Crippen LogP contribution in [0.4, 0.5) is 5.69 Å². The van der Waals surface area contributed by atoms with Crippen molar-refractivity contribution in [3.63, 3.8) is 0 Å². The van der Waals surface area contributed by atoms with E-state index in [0.29, 0.717) is 27.9 Å². The molecular formula is C17H16ClNO5. The molecule has 1 aliphatic rings. The van der Waals surface area contributed by atoms with Crippen molar-refractivity contribution in [2.24, 2.45) is 0 Å². The predicted molar refractivity (Wildman–Crippen MR) is 88.3 cm³/mol. The second-order valence-electron chi connectivity index (χ2n) is 5.73. The molecule has 0 unspecified atom stereocenters. The van der Waals surface area contributed by atoms with Gasteiger partial charge in [0.2, 0.25) is 5.76 Å². The van der Waals surface area contributed by atoms with Gasteiger partial charge < -0.3 is 19.6 Å². The van der Waals surface area contributed by atoms with Gasteiger partial charge in [-0.05, 0) is 43.4 Å². The zero-order chi connectivity index (χ0) is 17.4. The Bertz CT molecular complexity index is 823. The fraction of sp³-hybridized carbons (Fsp3) is 0.294. The molecule has 1 aromatic heterocycles. The summed E-state index contributed by atoms with van der Waals surface area (Å²) in [4.78, 5) is 23.4. The van der Waals surface area contributed by atoms with Gasteiger partial charge in [0.1, 0.15) is 5.75 Å². The van der Waals surface area contributed by atoms with Gasteiger partial charge in [0.15, 0.2) is 5.76 Å². The molecule has 7 heteroatoms. The number of amides is 1. The summed E-state index contributed by atoms with van der Waals surface area (Å²) in [6, 6.07) is 4.87. The number of carbonyl (C=O) groups is 2. The van der Waals surface area contributed by atoms with Gasteiger partial charge in [-0.2, -0.15) is 0 Å². The molecule has 1 amide bonds. The number of carboxylic acids is 1. The summed E-state index contributed by atoms with van der Waals surface area (Å²) in [5.74, 6) is -1.21. The fourth-order valence-corrected chi connectivity index (χ4v) is 2.81. The third-order valence-electron chi connectivity index (χ3n) is 3.93. The monoisotopic (exact) mass is 349 g/mol. The number of benzene rings is 1. The first-order valence-corrected chi connectivity index (χ1v) is 7.81. The van der Waals surface area contributed by atoms with Crippen molar-refractivity contribution < 1.29 is 23.8 Å². The summed E-state index contributed by atoms with van der Waals surface area (Å²) in [5.41, 5.74) is 1.93. The van der Waals surface area contributed by atoms with Gasteiger partial charge >= 0.3 is 5.97 Å². The average molecular weight is 350 g/mol. The Morgan fingerprint density at radius 1 is 1.33 bits per heavy atom. The molecule has 1 fully saturated rings. The molecule has 0 bridgehead atoms. The third kappa shape index (κ3) is 3.10. The van der Waals surface area contributed by atoms with Crippen LogP contribution in [0.5, 0.6) is 5.75 Å². The van der Waals surface area contributed by atoms with E-state index in [-0.39, 0.29) is 11.5 Å². The first-order chi connectivity index (χ1) is 11.4. The number of carboxylic acid groups (broad SMARTS) is 1. The van der Waals surface area contributed by atoms with E-state index in [2.05, 4.69) is 5.32 Å². The van der Waals surface area contributed by atoms with E-state index in [1.54, 1.807) is 19.1 Å². The number of aryl methyl sites for hydroxylation is 1. The lowest BCUT2D eigenvalue weighted by Crippen LogP contribution is -2.12. The van der Waals surface area contributed by atoms with Crippen LogP contribution < -0.4 is 10.1 Å². The maximum Gasteiger partial charge on any atom is 0.372 e. The summed E-state index contributed by atoms with van der Waals surface area (Å²) >= 11 is 6.16. The van der Waals surface area contributed by atoms with Crippen LogP contribution in [0.1, 0.15) is 51.0 Å². The molecule has 0 atom stereocenters. The van der Waals surface area contributed by atoms with E-state index in [4.69, 9.17) is 25.9 Å². The summed E-state index contributed by atoms with van der Waals surface area (Å²) in [5, 5.41) is 12.3. The molecule has 3 rings (SSSR count). The van der Waals surface area contributed by atoms with Gasteiger partial charge in [-0.1, -0.05) is 11.6 Å². The number of halogens is 1. The zero-order valence-corrected chi connectivity index (χ0v) is 13.9. The second kappa shape index (κ2) is 6.20. The molecule has 24 heavy (non-hydrogen) atoms. The van der Waals surface area contributed by atoms with Crippen molar-refractivity contribution in [1.82, 2.24) is 0 Å². The molecule has 0 spiro atoms. The lowest BCUT2D eigenvalue weighted by molar-refractivity contribution is 0.0659. The van der Waals surface area contributed by atoms with Crippen molar-refractivity contribution in [1.29, 1.82) is 0 Å². The highest BCUT2D eigenvalue weighted by atomic mass is 35.5. The first kappa shape index (κ1) is 16.4. The van der Waals surface area contributed by atoms with Crippen LogP contribution in [-0.4, -0.2) is 24.1 Å². The SMILES string of the molecule is COc1cc(NC(=O)c2cc(C)c(C(=O)O)o2)c(C2CC2)cc1Cl. The van der Waals surface area contributed by atoms with Gasteiger partial charge in [-0.3, -0.25) is 4.79 Å². The Hall–Kier alpha value is -2.47. The lowest BCUT2D eigenvalue weighted by Gasteiger charge is -2.13. The van der Waals surface area contributed by atoms with E-state index < -0.39 is 11.9 Å². The van der Waals surface area contributed by atoms with Gasteiger partial charge in [0.25, 0.3) is 5.91 Å². The Morgan fingerprint density at radius 2 is 2.04 bits per heavy atom. The van der Waals surface area contributed by atoms with Crippen LogP contribution in [0.25, 0.3) is 0 Å². The van der Waals surface area contributed by atoms with Gasteiger partial charge in [0.05, 0.1) is 12.1 Å². The predicted octanol–water partition coefficient (Wildman–Crippen LogP) is 4.08. The number of aromatic carboxylic acids is 1. The van der Waals surface area contributed by atoms with Crippen molar-refractivity contribution in [2.75, 3.05) is 12.4 Å². The molecule has 0 aliphatic heterocycles. The largest absolute Gasteiger partial charge is 0.495 e. The minimum atomic E-state index is -1.21. The quantitative estimate of drug-likeness (QED) is 0.849. The number of carbonyl (C=O) groups excluding carboxylic acids is 1. The average Bonchev–Trinajstić information content (AvgIpc) is 3.30. The number of furan rings is 1. The molecule has 2 N–H and O–H groups in total. The summed E-state index contributed by atoms with van der Waals surface area (Å²) in [7, 11) is 1.50. The number of hydrogen-bond donors (Lipinski definition) is 2. The molecule has 126 valence electrons. The molecule has 0 saturated heterocycles. The molecule has 1 heterocycles. The highest BCUT2D eigenvalue weighted by Gasteiger charge is 2.28. The van der Waals surface area contributed by atoms with Gasteiger partial charge in [0, 0.05) is 17.3 Å². The molecule has 1 aromatic carbocycles. The van der Waals surface area contributed by atoms with Crippen molar-refractivity contribution in [3.8, 4) is 5.75 Å². The highest BCUT2D eigenvalue weighted by Crippen LogP contribution is 2.46. The Morgan fingerprint density at radius 3 is 2.58 bits per heavy atom. The molecule has 2 aromatic rings. The molecule has 1 saturated carbocycles. The molecule has 6 nitrogen and oxygen atoms in total. The Labute approximate surface area is 143 Å². The van der Waals surface area contributed by atoms with E-state index in [1.807, 2.05) is 0 Å².